The number of anilines is 1. The molecule has 31 heavy (non-hydrogen) atoms. The summed E-state index contributed by atoms with van der Waals surface area (Å²) in [7, 11) is 0. The molecule has 0 radical (unpaired) electrons. The minimum atomic E-state index is -1.26. The SMILES string of the molecule is C/C=C(F)\C(OCC(=O)C(CC=O)NC(=O)C1Cc2ccccc2N1C=O)=C(\F)CC. The second kappa shape index (κ2) is 11.1. The number of hydrogen-bond donors (Lipinski definition) is 1. The van der Waals surface area contributed by atoms with Crippen molar-refractivity contribution in [3.05, 3.63) is 53.3 Å². The van der Waals surface area contributed by atoms with Gasteiger partial charge in [0.2, 0.25) is 12.3 Å². The molecule has 0 saturated carbocycles. The Morgan fingerprint density at radius 3 is 2.61 bits per heavy atom. The van der Waals surface area contributed by atoms with Crippen molar-refractivity contribution in [3.8, 4) is 0 Å². The minimum Gasteiger partial charge on any atom is -0.480 e. The summed E-state index contributed by atoms with van der Waals surface area (Å²) in [6, 6.07) is 4.85. The molecule has 2 amide bonds. The summed E-state index contributed by atoms with van der Waals surface area (Å²) in [5.41, 5.74) is 1.38. The summed E-state index contributed by atoms with van der Waals surface area (Å²) in [6.45, 7) is 2.06. The Bertz CT molecular complexity index is 913. The zero-order chi connectivity index (χ0) is 23.0. The van der Waals surface area contributed by atoms with Crippen LogP contribution < -0.4 is 10.2 Å². The molecule has 0 fully saturated rings. The Morgan fingerprint density at radius 1 is 1.29 bits per heavy atom. The fraction of sp³-hybridized carbons (Fsp3) is 0.364. The number of allylic oxidation sites excluding steroid dienone is 3. The van der Waals surface area contributed by atoms with E-state index in [4.69, 9.17) is 4.74 Å². The van der Waals surface area contributed by atoms with Crippen LogP contribution in [0, 0.1) is 0 Å². The molecule has 0 aromatic heterocycles. The normalized spacial score (nSPS) is 17.4. The fourth-order valence-electron chi connectivity index (χ4n) is 3.21. The highest BCUT2D eigenvalue weighted by atomic mass is 19.1. The lowest BCUT2D eigenvalue weighted by atomic mass is 10.1. The van der Waals surface area contributed by atoms with Crippen LogP contribution in [-0.2, 0) is 30.3 Å². The van der Waals surface area contributed by atoms with Gasteiger partial charge in [-0.15, -0.1) is 0 Å². The summed E-state index contributed by atoms with van der Waals surface area (Å²) in [5, 5.41) is 2.45. The predicted molar refractivity (Wildman–Crippen MR) is 109 cm³/mol. The Morgan fingerprint density at radius 2 is 2.00 bits per heavy atom. The maximum Gasteiger partial charge on any atom is 0.244 e. The van der Waals surface area contributed by atoms with Gasteiger partial charge in [0.1, 0.15) is 24.8 Å². The second-order valence-corrected chi connectivity index (χ2v) is 6.80. The van der Waals surface area contributed by atoms with Crippen molar-refractivity contribution in [1.29, 1.82) is 0 Å². The first kappa shape index (κ1) is 23.9. The smallest absolute Gasteiger partial charge is 0.244 e. The third kappa shape index (κ3) is 5.62. The van der Waals surface area contributed by atoms with Gasteiger partial charge in [-0.1, -0.05) is 25.1 Å². The molecule has 0 saturated heterocycles. The van der Waals surface area contributed by atoms with Crippen LogP contribution in [-0.4, -0.2) is 43.1 Å². The van der Waals surface area contributed by atoms with Crippen molar-refractivity contribution in [3.63, 3.8) is 0 Å². The maximum absolute atomic E-state index is 13.9. The van der Waals surface area contributed by atoms with Gasteiger partial charge in [-0.2, -0.15) is 0 Å². The van der Waals surface area contributed by atoms with Crippen LogP contribution in [0.3, 0.4) is 0 Å². The highest BCUT2D eigenvalue weighted by Gasteiger charge is 2.36. The zero-order valence-electron chi connectivity index (χ0n) is 17.3. The molecule has 1 N–H and O–H groups in total. The van der Waals surface area contributed by atoms with Gasteiger partial charge in [0, 0.05) is 24.9 Å². The molecule has 2 atom stereocenters. The standard InChI is InChI=1S/C22H24F2N2O5/c1-3-15(23)21(16(24)4-2)31-12-20(29)17(9-10-27)25-22(30)19-11-14-7-5-6-8-18(14)26(19)13-28/h3,5-8,10,13,17,19H,4,9,11-12H2,1-2H3,(H,25,30)/b15-3+,21-16-. The minimum absolute atomic E-state index is 0.136. The third-order valence-electron chi connectivity index (χ3n) is 4.86. The molecular weight excluding hydrogens is 410 g/mol. The van der Waals surface area contributed by atoms with E-state index in [9.17, 15) is 28.0 Å². The van der Waals surface area contributed by atoms with Gasteiger partial charge >= 0.3 is 0 Å². The number of hydrogen-bond acceptors (Lipinski definition) is 5. The number of halogens is 2. The molecule has 0 spiro atoms. The van der Waals surface area contributed by atoms with E-state index < -0.39 is 47.8 Å². The average molecular weight is 434 g/mol. The van der Waals surface area contributed by atoms with Gasteiger partial charge in [0.15, 0.2) is 17.4 Å². The van der Waals surface area contributed by atoms with E-state index in [0.717, 1.165) is 11.6 Å². The molecule has 166 valence electrons. The number of nitrogens with one attached hydrogen (secondary N) is 1. The Balaban J connectivity index is 2.10. The van der Waals surface area contributed by atoms with Crippen molar-refractivity contribution in [2.24, 2.45) is 0 Å². The molecule has 0 bridgehead atoms. The van der Waals surface area contributed by atoms with Crippen molar-refractivity contribution in [2.75, 3.05) is 11.5 Å². The molecule has 1 heterocycles. The van der Waals surface area contributed by atoms with E-state index in [-0.39, 0.29) is 19.3 Å². The van der Waals surface area contributed by atoms with Crippen LogP contribution in [0.5, 0.6) is 0 Å². The first-order valence-corrected chi connectivity index (χ1v) is 9.79. The number of fused-ring (bicyclic) bond motifs is 1. The molecule has 2 rings (SSSR count). The van der Waals surface area contributed by atoms with Gasteiger partial charge in [-0.3, -0.25) is 14.4 Å². The number of nitrogens with zero attached hydrogens (tertiary/aromatic N) is 1. The predicted octanol–water partition coefficient (Wildman–Crippen LogP) is 2.70. The highest BCUT2D eigenvalue weighted by molar-refractivity contribution is 5.98. The summed E-state index contributed by atoms with van der Waals surface area (Å²) < 4.78 is 32.7. The van der Waals surface area contributed by atoms with Crippen molar-refractivity contribution in [2.45, 2.75) is 45.2 Å². The number of Topliss-reactive ketones (excluding diaryl/α,β-unsaturated/α-hetero) is 1. The summed E-state index contributed by atoms with van der Waals surface area (Å²) in [4.78, 5) is 49.1. The molecule has 2 unspecified atom stereocenters. The number of rotatable bonds is 11. The van der Waals surface area contributed by atoms with Crippen LogP contribution in [0.25, 0.3) is 0 Å². The molecular formula is C22H24F2N2O5. The van der Waals surface area contributed by atoms with Crippen LogP contribution in [0.15, 0.2) is 47.8 Å². The highest BCUT2D eigenvalue weighted by Crippen LogP contribution is 2.30. The number of ether oxygens (including phenoxy) is 1. The van der Waals surface area contributed by atoms with Gasteiger partial charge in [0.05, 0.1) is 6.04 Å². The lowest BCUT2D eigenvalue weighted by Gasteiger charge is -2.23. The Labute approximate surface area is 178 Å². The lowest BCUT2D eigenvalue weighted by molar-refractivity contribution is -0.131. The molecule has 0 aliphatic carbocycles. The third-order valence-corrected chi connectivity index (χ3v) is 4.86. The van der Waals surface area contributed by atoms with Gasteiger partial charge in [-0.25, -0.2) is 8.78 Å². The van der Waals surface area contributed by atoms with Gasteiger partial charge in [0.25, 0.3) is 0 Å². The van der Waals surface area contributed by atoms with Gasteiger partial charge in [-0.05, 0) is 24.6 Å². The number of carbonyl (C=O) groups is 4. The van der Waals surface area contributed by atoms with Crippen LogP contribution in [0.2, 0.25) is 0 Å². The Hall–Kier alpha value is -3.36. The molecule has 1 aliphatic heterocycles. The first-order chi connectivity index (χ1) is 14.9. The van der Waals surface area contributed by atoms with E-state index in [1.807, 2.05) is 0 Å². The van der Waals surface area contributed by atoms with E-state index in [2.05, 4.69) is 5.32 Å². The molecule has 1 aromatic carbocycles. The van der Waals surface area contributed by atoms with Crippen LogP contribution in [0.1, 0.15) is 32.3 Å². The van der Waals surface area contributed by atoms with Crippen LogP contribution >= 0.6 is 0 Å². The number of aldehydes is 1. The molecule has 1 aliphatic rings. The number of carbonyl (C=O) groups excluding carboxylic acids is 4. The fourth-order valence-corrected chi connectivity index (χ4v) is 3.21. The quantitative estimate of drug-likeness (QED) is 0.328. The van der Waals surface area contributed by atoms with Gasteiger partial charge < -0.3 is 19.7 Å². The summed E-state index contributed by atoms with van der Waals surface area (Å²) in [5.74, 6) is -3.89. The van der Waals surface area contributed by atoms with E-state index in [0.29, 0.717) is 18.4 Å². The van der Waals surface area contributed by atoms with Crippen molar-refractivity contribution < 1.29 is 32.7 Å². The topological polar surface area (TPSA) is 92.8 Å². The van der Waals surface area contributed by atoms with E-state index in [1.165, 1.54) is 18.7 Å². The number of ketones is 1. The maximum atomic E-state index is 13.9. The zero-order valence-corrected chi connectivity index (χ0v) is 17.3. The van der Waals surface area contributed by atoms with E-state index >= 15 is 0 Å². The molecule has 1 aromatic rings. The second-order valence-electron chi connectivity index (χ2n) is 6.80. The van der Waals surface area contributed by atoms with Crippen LogP contribution in [0.4, 0.5) is 14.5 Å². The summed E-state index contributed by atoms with van der Waals surface area (Å²) >= 11 is 0. The molecule has 9 heteroatoms. The average Bonchev–Trinajstić information content (AvgIpc) is 3.16. The lowest BCUT2D eigenvalue weighted by Crippen LogP contribution is -2.51. The van der Waals surface area contributed by atoms with Crippen molar-refractivity contribution in [1.82, 2.24) is 5.32 Å². The van der Waals surface area contributed by atoms with Crippen molar-refractivity contribution >= 4 is 30.1 Å². The largest absolute Gasteiger partial charge is 0.480 e. The number of amides is 2. The molecule has 7 nitrogen and oxygen atoms in total. The van der Waals surface area contributed by atoms with E-state index in [1.54, 1.807) is 24.3 Å². The Kier molecular flexibility index (Phi) is 8.60. The number of para-hydroxylation sites is 1. The monoisotopic (exact) mass is 434 g/mol. The first-order valence-electron chi connectivity index (χ1n) is 9.79. The number of benzene rings is 1. The summed E-state index contributed by atoms with van der Waals surface area (Å²) in [6.07, 6.45) is 1.73.